The van der Waals surface area contributed by atoms with Crippen LogP contribution in [0, 0.1) is 0 Å². The fourth-order valence-corrected chi connectivity index (χ4v) is 3.47. The van der Waals surface area contributed by atoms with Gasteiger partial charge in [-0.3, -0.25) is 4.79 Å². The van der Waals surface area contributed by atoms with Crippen LogP contribution in [0.15, 0.2) is 32.8 Å². The molecule has 0 aromatic carbocycles. The summed E-state index contributed by atoms with van der Waals surface area (Å²) in [7, 11) is 0. The summed E-state index contributed by atoms with van der Waals surface area (Å²) in [6.45, 7) is 1.53. The van der Waals surface area contributed by atoms with Crippen LogP contribution in [0.25, 0.3) is 0 Å². The second kappa shape index (κ2) is 5.46. The van der Waals surface area contributed by atoms with Crippen LogP contribution in [0.2, 0.25) is 0 Å². The number of rotatable bonds is 2. The normalized spacial score (nSPS) is 16.8. The van der Waals surface area contributed by atoms with Crippen molar-refractivity contribution in [2.24, 2.45) is 0 Å². The lowest BCUT2D eigenvalue weighted by Gasteiger charge is -2.30. The Morgan fingerprint density at radius 1 is 1.42 bits per heavy atom. The number of piperidine rings is 1. The first-order chi connectivity index (χ1) is 9.24. The lowest BCUT2D eigenvalue weighted by Crippen LogP contribution is -2.37. The molecule has 1 aliphatic heterocycles. The van der Waals surface area contributed by atoms with E-state index in [4.69, 9.17) is 4.42 Å². The molecule has 0 unspecified atom stereocenters. The number of amides is 1. The molecule has 0 radical (unpaired) electrons. The van der Waals surface area contributed by atoms with Gasteiger partial charge in [0.15, 0.2) is 10.4 Å². The molecule has 1 fully saturated rings. The fourth-order valence-electron chi connectivity index (χ4n) is 2.35. The summed E-state index contributed by atoms with van der Waals surface area (Å²) in [6, 6.07) is 3.45. The van der Waals surface area contributed by atoms with Gasteiger partial charge in [0, 0.05) is 30.6 Å². The predicted octanol–water partition coefficient (Wildman–Crippen LogP) is 3.52. The molecule has 1 saturated heterocycles. The maximum Gasteiger partial charge on any atom is 0.289 e. The summed E-state index contributed by atoms with van der Waals surface area (Å²) >= 11 is 4.92. The van der Waals surface area contributed by atoms with Gasteiger partial charge in [-0.1, -0.05) is 0 Å². The molecule has 4 nitrogen and oxygen atoms in total. The van der Waals surface area contributed by atoms with E-state index in [-0.39, 0.29) is 5.91 Å². The molecular formula is C13H13BrN2O2S. The number of carbonyl (C=O) groups excluding carboxylic acids is 1. The lowest BCUT2D eigenvalue weighted by atomic mass is 9.97. The molecule has 2 aromatic heterocycles. The van der Waals surface area contributed by atoms with E-state index >= 15 is 0 Å². The number of carbonyl (C=O) groups is 1. The summed E-state index contributed by atoms with van der Waals surface area (Å²) in [5.41, 5.74) is 0. The Balaban J connectivity index is 1.62. The smallest absolute Gasteiger partial charge is 0.289 e. The number of halogens is 1. The third-order valence-corrected chi connectivity index (χ3v) is 4.73. The molecule has 0 bridgehead atoms. The highest BCUT2D eigenvalue weighted by Crippen LogP contribution is 2.30. The van der Waals surface area contributed by atoms with Crippen LogP contribution >= 0.6 is 27.3 Å². The van der Waals surface area contributed by atoms with Crippen molar-refractivity contribution < 1.29 is 9.21 Å². The average molecular weight is 341 g/mol. The monoisotopic (exact) mass is 340 g/mol. The molecule has 1 aliphatic rings. The van der Waals surface area contributed by atoms with E-state index in [2.05, 4.69) is 20.9 Å². The maximum absolute atomic E-state index is 12.2. The summed E-state index contributed by atoms with van der Waals surface area (Å²) in [5, 5.41) is 3.19. The van der Waals surface area contributed by atoms with Gasteiger partial charge in [-0.2, -0.15) is 0 Å². The molecule has 3 heterocycles. The summed E-state index contributed by atoms with van der Waals surface area (Å²) in [4.78, 5) is 18.4. The van der Waals surface area contributed by atoms with Crippen LogP contribution in [0.3, 0.4) is 0 Å². The Bertz CT molecular complexity index is 559. The Morgan fingerprint density at radius 2 is 2.21 bits per heavy atom. The zero-order valence-electron chi connectivity index (χ0n) is 10.2. The van der Waals surface area contributed by atoms with Gasteiger partial charge in [0.1, 0.15) is 0 Å². The van der Waals surface area contributed by atoms with Gasteiger partial charge >= 0.3 is 0 Å². The minimum Gasteiger partial charge on any atom is -0.444 e. The van der Waals surface area contributed by atoms with Crippen molar-refractivity contribution in [3.63, 3.8) is 0 Å². The molecule has 0 spiro atoms. The second-order valence-corrected chi connectivity index (χ2v) is 6.25. The SMILES string of the molecule is O=C(c1ccc(Br)o1)N1CCC(c2nccs2)CC1. The van der Waals surface area contributed by atoms with Crippen molar-refractivity contribution in [2.75, 3.05) is 13.1 Å². The maximum atomic E-state index is 12.2. The van der Waals surface area contributed by atoms with Gasteiger partial charge in [-0.15, -0.1) is 11.3 Å². The van der Waals surface area contributed by atoms with Crippen LogP contribution in [-0.2, 0) is 0 Å². The third kappa shape index (κ3) is 2.74. The quantitative estimate of drug-likeness (QED) is 0.840. The van der Waals surface area contributed by atoms with Crippen molar-refractivity contribution in [3.8, 4) is 0 Å². The average Bonchev–Trinajstić information content (AvgIpc) is 3.09. The Hall–Kier alpha value is -1.14. The number of hydrogen-bond donors (Lipinski definition) is 0. The van der Waals surface area contributed by atoms with Crippen molar-refractivity contribution in [1.82, 2.24) is 9.88 Å². The first kappa shape index (κ1) is 12.9. The molecule has 19 heavy (non-hydrogen) atoms. The molecule has 0 saturated carbocycles. The van der Waals surface area contributed by atoms with Crippen molar-refractivity contribution >= 4 is 33.2 Å². The van der Waals surface area contributed by atoms with Crippen molar-refractivity contribution in [3.05, 3.63) is 39.1 Å². The second-order valence-electron chi connectivity index (χ2n) is 4.54. The predicted molar refractivity (Wildman–Crippen MR) is 76.4 cm³/mol. The summed E-state index contributed by atoms with van der Waals surface area (Å²) in [6.07, 6.45) is 3.79. The van der Waals surface area contributed by atoms with Gasteiger partial charge < -0.3 is 9.32 Å². The molecule has 6 heteroatoms. The highest BCUT2D eigenvalue weighted by Gasteiger charge is 2.27. The summed E-state index contributed by atoms with van der Waals surface area (Å²) in [5.74, 6) is 0.871. The van der Waals surface area contributed by atoms with Crippen molar-refractivity contribution in [2.45, 2.75) is 18.8 Å². The van der Waals surface area contributed by atoms with Gasteiger partial charge in [0.2, 0.25) is 0 Å². The fraction of sp³-hybridized carbons (Fsp3) is 0.385. The molecule has 3 rings (SSSR count). The van der Waals surface area contributed by atoms with E-state index in [0.717, 1.165) is 25.9 Å². The first-order valence-electron chi connectivity index (χ1n) is 6.18. The Kier molecular flexibility index (Phi) is 3.70. The molecule has 1 amide bonds. The number of hydrogen-bond acceptors (Lipinski definition) is 4. The molecule has 0 aliphatic carbocycles. The van der Waals surface area contributed by atoms with Gasteiger partial charge in [0.25, 0.3) is 5.91 Å². The van der Waals surface area contributed by atoms with Crippen LogP contribution in [-0.4, -0.2) is 28.9 Å². The molecule has 100 valence electrons. The number of nitrogens with zero attached hydrogens (tertiary/aromatic N) is 2. The highest BCUT2D eigenvalue weighted by molar-refractivity contribution is 9.10. The topological polar surface area (TPSA) is 46.3 Å². The Morgan fingerprint density at radius 3 is 2.79 bits per heavy atom. The largest absolute Gasteiger partial charge is 0.444 e. The summed E-state index contributed by atoms with van der Waals surface area (Å²) < 4.78 is 5.90. The number of furan rings is 1. The van der Waals surface area contributed by atoms with E-state index < -0.39 is 0 Å². The number of thiazole rings is 1. The Labute approximate surface area is 123 Å². The highest BCUT2D eigenvalue weighted by atomic mass is 79.9. The molecular weight excluding hydrogens is 328 g/mol. The van der Waals surface area contributed by atoms with Crippen LogP contribution < -0.4 is 0 Å². The standard InChI is InChI=1S/C13H13BrN2O2S/c14-11-2-1-10(18-11)13(17)16-6-3-9(4-7-16)12-15-5-8-19-12/h1-2,5,8-9H,3-4,6-7H2. The van der Waals surface area contributed by atoms with Gasteiger partial charge in [-0.05, 0) is 40.9 Å². The number of aromatic nitrogens is 1. The van der Waals surface area contributed by atoms with Crippen LogP contribution in [0.5, 0.6) is 0 Å². The van der Waals surface area contributed by atoms with E-state index in [9.17, 15) is 4.79 Å². The van der Waals surface area contributed by atoms with Crippen molar-refractivity contribution in [1.29, 1.82) is 0 Å². The zero-order valence-corrected chi connectivity index (χ0v) is 12.6. The van der Waals surface area contributed by atoms with Crippen LogP contribution in [0.1, 0.15) is 34.3 Å². The van der Waals surface area contributed by atoms with E-state index in [1.54, 1.807) is 23.5 Å². The minimum absolute atomic E-state index is 0.0247. The minimum atomic E-state index is -0.0247. The molecule has 0 atom stereocenters. The van der Waals surface area contributed by atoms with Gasteiger partial charge in [0.05, 0.1) is 5.01 Å². The first-order valence-corrected chi connectivity index (χ1v) is 7.85. The zero-order chi connectivity index (χ0) is 13.2. The number of likely N-dealkylation sites (tertiary alicyclic amines) is 1. The van der Waals surface area contributed by atoms with E-state index in [0.29, 0.717) is 16.3 Å². The third-order valence-electron chi connectivity index (χ3n) is 3.37. The van der Waals surface area contributed by atoms with Gasteiger partial charge in [-0.25, -0.2) is 4.98 Å². The van der Waals surface area contributed by atoms with E-state index in [1.165, 1.54) is 5.01 Å². The van der Waals surface area contributed by atoms with Crippen LogP contribution in [0.4, 0.5) is 0 Å². The van der Waals surface area contributed by atoms with E-state index in [1.807, 2.05) is 16.5 Å². The molecule has 0 N–H and O–H groups in total. The lowest BCUT2D eigenvalue weighted by molar-refractivity contribution is 0.0679. The molecule has 2 aromatic rings.